The molecule has 2 atom stereocenters. The van der Waals surface area contributed by atoms with Gasteiger partial charge in [-0.3, -0.25) is 9.69 Å². The van der Waals surface area contributed by atoms with Gasteiger partial charge < -0.3 is 9.80 Å². The van der Waals surface area contributed by atoms with Gasteiger partial charge in [0.25, 0.3) is 0 Å². The average Bonchev–Trinajstić information content (AvgIpc) is 3.37. The first-order chi connectivity index (χ1) is 14.4. The Kier molecular flexibility index (Phi) is 6.57. The van der Waals surface area contributed by atoms with Crippen LogP contribution in [0.1, 0.15) is 22.9 Å². The normalized spacial score (nSPS) is 24.7. The van der Waals surface area contributed by atoms with Crippen LogP contribution >= 0.6 is 11.3 Å². The van der Waals surface area contributed by atoms with Crippen molar-refractivity contribution in [2.45, 2.75) is 25.0 Å². The highest BCUT2D eigenvalue weighted by molar-refractivity contribution is 7.91. The van der Waals surface area contributed by atoms with E-state index in [1.807, 2.05) is 40.6 Å². The van der Waals surface area contributed by atoms with Crippen molar-refractivity contribution in [1.29, 1.82) is 0 Å². The zero-order valence-corrected chi connectivity index (χ0v) is 18.9. The number of likely N-dealkylation sites (N-methyl/N-ethyl adjacent to an activating group) is 1. The number of nitrogens with zero attached hydrogens (tertiary/aromatic N) is 3. The monoisotopic (exact) mass is 447 g/mol. The number of thiophene rings is 1. The van der Waals surface area contributed by atoms with Crippen molar-refractivity contribution in [2.24, 2.45) is 0 Å². The molecule has 0 radical (unpaired) electrons. The molecule has 6 nitrogen and oxygen atoms in total. The summed E-state index contributed by atoms with van der Waals surface area (Å²) in [5, 5.41) is 2.00. The van der Waals surface area contributed by atoms with E-state index in [4.69, 9.17) is 0 Å². The van der Waals surface area contributed by atoms with Gasteiger partial charge in [-0.1, -0.05) is 36.4 Å². The minimum Gasteiger partial charge on any atom is -0.332 e. The molecular formula is C22H29N3O3S2. The zero-order valence-electron chi connectivity index (χ0n) is 17.3. The van der Waals surface area contributed by atoms with Gasteiger partial charge in [0, 0.05) is 36.6 Å². The van der Waals surface area contributed by atoms with Crippen LogP contribution in [0.4, 0.5) is 0 Å². The molecule has 0 spiro atoms. The molecular weight excluding hydrogens is 418 g/mol. The van der Waals surface area contributed by atoms with Gasteiger partial charge in [-0.15, -0.1) is 11.3 Å². The molecule has 1 aromatic heterocycles. The fraction of sp³-hybridized carbons (Fsp3) is 0.500. The Labute approximate surface area is 183 Å². The highest BCUT2D eigenvalue weighted by Crippen LogP contribution is 2.27. The summed E-state index contributed by atoms with van der Waals surface area (Å²) in [4.78, 5) is 20.9. The van der Waals surface area contributed by atoms with Gasteiger partial charge in [0.15, 0.2) is 9.84 Å². The maximum absolute atomic E-state index is 13.5. The van der Waals surface area contributed by atoms with E-state index in [-0.39, 0.29) is 29.5 Å². The van der Waals surface area contributed by atoms with Gasteiger partial charge in [-0.2, -0.15) is 0 Å². The van der Waals surface area contributed by atoms with Gasteiger partial charge >= 0.3 is 0 Å². The van der Waals surface area contributed by atoms with Gasteiger partial charge in [-0.25, -0.2) is 8.42 Å². The van der Waals surface area contributed by atoms with Crippen LogP contribution in [-0.2, 0) is 21.2 Å². The first-order valence-electron chi connectivity index (χ1n) is 10.4. The van der Waals surface area contributed by atoms with Crippen LogP contribution in [0.15, 0.2) is 47.8 Å². The predicted octanol–water partition coefficient (Wildman–Crippen LogP) is 2.25. The number of carbonyl (C=O) groups excluding carboxylic acids is 1. The second-order valence-electron chi connectivity index (χ2n) is 8.32. The van der Waals surface area contributed by atoms with Crippen molar-refractivity contribution in [2.75, 3.05) is 44.7 Å². The molecule has 162 valence electrons. The molecule has 0 bridgehead atoms. The third-order valence-electron chi connectivity index (χ3n) is 6.09. The van der Waals surface area contributed by atoms with Gasteiger partial charge in [0.1, 0.15) is 0 Å². The Morgan fingerprint density at radius 2 is 1.97 bits per heavy atom. The molecule has 8 heteroatoms. The average molecular weight is 448 g/mol. The molecule has 2 aliphatic rings. The van der Waals surface area contributed by atoms with E-state index in [9.17, 15) is 13.2 Å². The lowest BCUT2D eigenvalue weighted by Gasteiger charge is -2.41. The van der Waals surface area contributed by atoms with Crippen molar-refractivity contribution in [3.05, 3.63) is 58.3 Å². The number of hydrogen-bond donors (Lipinski definition) is 0. The molecule has 2 unspecified atom stereocenters. The molecule has 30 heavy (non-hydrogen) atoms. The van der Waals surface area contributed by atoms with Gasteiger partial charge in [-0.05, 0) is 30.5 Å². The maximum Gasteiger partial charge on any atom is 0.237 e. The second kappa shape index (κ2) is 9.18. The van der Waals surface area contributed by atoms with Crippen molar-refractivity contribution in [3.63, 3.8) is 0 Å². The largest absolute Gasteiger partial charge is 0.332 e. The smallest absolute Gasteiger partial charge is 0.237 e. The zero-order chi connectivity index (χ0) is 21.1. The van der Waals surface area contributed by atoms with Crippen molar-refractivity contribution in [1.82, 2.24) is 14.7 Å². The summed E-state index contributed by atoms with van der Waals surface area (Å²) in [6, 6.07) is 14.2. The molecule has 0 N–H and O–H groups in total. The van der Waals surface area contributed by atoms with Gasteiger partial charge in [0.05, 0.1) is 24.6 Å². The summed E-state index contributed by atoms with van der Waals surface area (Å²) in [6.07, 6.45) is 0.532. The van der Waals surface area contributed by atoms with Gasteiger partial charge in [0.2, 0.25) is 5.91 Å². The minimum atomic E-state index is -3.06. The number of carbonyl (C=O) groups is 1. The summed E-state index contributed by atoms with van der Waals surface area (Å²) in [5.74, 6) is 0.276. The Hall–Kier alpha value is -1.74. The highest BCUT2D eigenvalue weighted by atomic mass is 32.2. The molecule has 2 aromatic rings. The second-order valence-corrected chi connectivity index (χ2v) is 11.6. The molecule has 2 saturated heterocycles. The number of rotatable bonds is 6. The van der Waals surface area contributed by atoms with E-state index in [0.717, 1.165) is 24.5 Å². The molecule has 1 aromatic carbocycles. The molecule has 0 aliphatic carbocycles. The van der Waals surface area contributed by atoms with Crippen molar-refractivity contribution >= 4 is 27.1 Å². The third kappa shape index (κ3) is 5.11. The van der Waals surface area contributed by atoms with Crippen LogP contribution in [0, 0.1) is 0 Å². The van der Waals surface area contributed by atoms with Crippen LogP contribution < -0.4 is 0 Å². The highest BCUT2D eigenvalue weighted by Gasteiger charge is 2.36. The molecule has 2 fully saturated rings. The van der Waals surface area contributed by atoms with E-state index in [0.29, 0.717) is 19.5 Å². The Bertz CT molecular complexity index is 947. The maximum atomic E-state index is 13.5. The molecule has 3 heterocycles. The van der Waals surface area contributed by atoms with E-state index in [1.165, 1.54) is 5.56 Å². The van der Waals surface area contributed by atoms with E-state index in [2.05, 4.69) is 29.0 Å². The first kappa shape index (κ1) is 21.5. The Morgan fingerprint density at radius 1 is 1.17 bits per heavy atom. The molecule has 4 rings (SSSR count). The minimum absolute atomic E-state index is 0.0241. The summed E-state index contributed by atoms with van der Waals surface area (Å²) >= 11 is 1.61. The lowest BCUT2D eigenvalue weighted by Crippen LogP contribution is -2.52. The first-order valence-corrected chi connectivity index (χ1v) is 13.1. The standard InChI is InChI=1S/C22H29N3O3S2/c1-23-10-11-24(21(15-23)18-6-3-2-4-7-18)16-22(26)25(14-20-8-5-12-29-20)19-9-13-30(27,28)17-19/h2-8,12,19,21H,9-11,13-17H2,1H3. The summed E-state index contributed by atoms with van der Waals surface area (Å²) in [7, 11) is -0.945. The van der Waals surface area contributed by atoms with E-state index >= 15 is 0 Å². The fourth-order valence-electron chi connectivity index (χ4n) is 4.41. The molecule has 1 amide bonds. The predicted molar refractivity (Wildman–Crippen MR) is 120 cm³/mol. The number of sulfone groups is 1. The van der Waals surface area contributed by atoms with Crippen molar-refractivity contribution < 1.29 is 13.2 Å². The van der Waals surface area contributed by atoms with Crippen LogP contribution in [0.5, 0.6) is 0 Å². The van der Waals surface area contributed by atoms with E-state index in [1.54, 1.807) is 11.3 Å². The number of benzene rings is 1. The summed E-state index contributed by atoms with van der Waals surface area (Å²) in [5.41, 5.74) is 1.21. The van der Waals surface area contributed by atoms with Crippen LogP contribution in [-0.4, -0.2) is 79.8 Å². The summed E-state index contributed by atoms with van der Waals surface area (Å²) in [6.45, 7) is 3.41. The van der Waals surface area contributed by atoms with Crippen molar-refractivity contribution in [3.8, 4) is 0 Å². The third-order valence-corrected chi connectivity index (χ3v) is 8.70. The quantitative estimate of drug-likeness (QED) is 0.680. The lowest BCUT2D eigenvalue weighted by atomic mass is 10.0. The molecule has 2 aliphatic heterocycles. The van der Waals surface area contributed by atoms with Crippen LogP contribution in [0.3, 0.4) is 0 Å². The Balaban J connectivity index is 1.53. The lowest BCUT2D eigenvalue weighted by molar-refractivity contribution is -0.136. The number of amides is 1. The SMILES string of the molecule is CN1CCN(CC(=O)N(Cc2cccs2)C2CCS(=O)(=O)C2)C(c2ccccc2)C1. The topological polar surface area (TPSA) is 60.9 Å². The Morgan fingerprint density at radius 3 is 2.63 bits per heavy atom. The number of hydrogen-bond acceptors (Lipinski definition) is 6. The summed E-state index contributed by atoms with van der Waals surface area (Å²) < 4.78 is 24.2. The van der Waals surface area contributed by atoms with Crippen LogP contribution in [0.2, 0.25) is 0 Å². The van der Waals surface area contributed by atoms with E-state index < -0.39 is 9.84 Å². The molecule has 0 saturated carbocycles. The number of piperazine rings is 1. The van der Waals surface area contributed by atoms with Crippen LogP contribution in [0.25, 0.3) is 0 Å². The fourth-order valence-corrected chi connectivity index (χ4v) is 6.85.